The van der Waals surface area contributed by atoms with Gasteiger partial charge in [-0.3, -0.25) is 4.90 Å². The van der Waals surface area contributed by atoms with E-state index in [1.165, 1.54) is 18.5 Å². The molecule has 0 aromatic heterocycles. The maximum Gasteiger partial charge on any atom is 0.164 e. The molecular weight excluding hydrogens is 178 g/mol. The van der Waals surface area contributed by atoms with Crippen molar-refractivity contribution in [2.45, 2.75) is 44.3 Å². The highest BCUT2D eigenvalue weighted by Crippen LogP contribution is 2.41. The van der Waals surface area contributed by atoms with Gasteiger partial charge in [0.1, 0.15) is 12.2 Å². The lowest BCUT2D eigenvalue weighted by atomic mass is 9.85. The van der Waals surface area contributed by atoms with Crippen LogP contribution in [0.15, 0.2) is 12.2 Å². The zero-order valence-corrected chi connectivity index (χ0v) is 8.82. The van der Waals surface area contributed by atoms with E-state index < -0.39 is 5.79 Å². The molecule has 3 heterocycles. The normalized spacial score (nSPS) is 45.6. The van der Waals surface area contributed by atoms with Crippen molar-refractivity contribution in [3.63, 3.8) is 0 Å². The van der Waals surface area contributed by atoms with Crippen LogP contribution < -0.4 is 0 Å². The Hall–Kier alpha value is -0.380. The summed E-state index contributed by atoms with van der Waals surface area (Å²) in [5, 5.41) is 0. The SMILES string of the molecule is C=C1[C@H]2CCN2C[C@@H]2OC(C)(C)O[C@@H]12. The van der Waals surface area contributed by atoms with Gasteiger partial charge >= 0.3 is 0 Å². The Labute approximate surface area is 84.7 Å². The maximum atomic E-state index is 5.87. The van der Waals surface area contributed by atoms with Gasteiger partial charge in [0.2, 0.25) is 0 Å². The van der Waals surface area contributed by atoms with E-state index in [-0.39, 0.29) is 12.2 Å². The number of fused-ring (bicyclic) bond motifs is 2. The second kappa shape index (κ2) is 2.60. The monoisotopic (exact) mass is 195 g/mol. The molecule has 3 saturated heterocycles. The summed E-state index contributed by atoms with van der Waals surface area (Å²) in [5.74, 6) is -0.427. The summed E-state index contributed by atoms with van der Waals surface area (Å²) in [6.07, 6.45) is 1.58. The molecule has 3 nitrogen and oxygen atoms in total. The summed E-state index contributed by atoms with van der Waals surface area (Å²) in [5.41, 5.74) is 1.22. The van der Waals surface area contributed by atoms with Crippen molar-refractivity contribution in [3.05, 3.63) is 12.2 Å². The second-order valence-electron chi connectivity index (χ2n) is 4.97. The average molecular weight is 195 g/mol. The second-order valence-corrected chi connectivity index (χ2v) is 4.97. The van der Waals surface area contributed by atoms with Gasteiger partial charge in [-0.15, -0.1) is 0 Å². The first-order valence-electron chi connectivity index (χ1n) is 5.35. The van der Waals surface area contributed by atoms with E-state index in [1.807, 2.05) is 13.8 Å². The molecule has 0 bridgehead atoms. The lowest BCUT2D eigenvalue weighted by Gasteiger charge is -2.48. The number of piperidine rings is 1. The van der Waals surface area contributed by atoms with Gasteiger partial charge in [-0.05, 0) is 25.8 Å². The molecule has 0 aromatic rings. The van der Waals surface area contributed by atoms with Crippen LogP contribution in [0.4, 0.5) is 0 Å². The minimum atomic E-state index is -0.427. The Morgan fingerprint density at radius 3 is 2.86 bits per heavy atom. The predicted octanol–water partition coefficient (Wildman–Crippen LogP) is 1.15. The van der Waals surface area contributed by atoms with Crippen LogP contribution in [0, 0.1) is 0 Å². The average Bonchev–Trinajstić information content (AvgIpc) is 2.33. The molecule has 3 rings (SSSR count). The first-order valence-corrected chi connectivity index (χ1v) is 5.35. The Morgan fingerprint density at radius 1 is 1.43 bits per heavy atom. The standard InChI is InChI=1S/C11H17NO2/c1-7-8-4-5-12(8)6-9-10(7)14-11(2,3)13-9/h8-10H,1,4-6H2,2-3H3/t8-,9+,10+/m1/s1. The topological polar surface area (TPSA) is 21.7 Å². The lowest BCUT2D eigenvalue weighted by molar-refractivity contribution is -0.143. The highest BCUT2D eigenvalue weighted by Gasteiger charge is 2.51. The molecule has 0 aliphatic carbocycles. The fourth-order valence-electron chi connectivity index (χ4n) is 2.78. The van der Waals surface area contributed by atoms with E-state index >= 15 is 0 Å². The molecule has 3 atom stereocenters. The molecule has 3 aliphatic heterocycles. The molecule has 3 fully saturated rings. The van der Waals surface area contributed by atoms with Crippen molar-refractivity contribution in [1.82, 2.24) is 4.90 Å². The van der Waals surface area contributed by atoms with E-state index in [0.717, 1.165) is 6.54 Å². The minimum absolute atomic E-state index is 0.131. The third kappa shape index (κ3) is 1.09. The minimum Gasteiger partial charge on any atom is -0.343 e. The van der Waals surface area contributed by atoms with Crippen molar-refractivity contribution in [3.8, 4) is 0 Å². The van der Waals surface area contributed by atoms with Gasteiger partial charge in [0.25, 0.3) is 0 Å². The van der Waals surface area contributed by atoms with Crippen molar-refractivity contribution < 1.29 is 9.47 Å². The van der Waals surface area contributed by atoms with E-state index in [9.17, 15) is 0 Å². The molecule has 0 unspecified atom stereocenters. The van der Waals surface area contributed by atoms with Gasteiger partial charge in [0.05, 0.1) is 0 Å². The van der Waals surface area contributed by atoms with E-state index in [2.05, 4.69) is 11.5 Å². The van der Waals surface area contributed by atoms with E-state index in [1.54, 1.807) is 0 Å². The molecule has 0 N–H and O–H groups in total. The first-order chi connectivity index (χ1) is 6.57. The van der Waals surface area contributed by atoms with Crippen LogP contribution in [0.5, 0.6) is 0 Å². The number of hydrogen-bond acceptors (Lipinski definition) is 3. The van der Waals surface area contributed by atoms with Gasteiger partial charge < -0.3 is 9.47 Å². The summed E-state index contributed by atoms with van der Waals surface area (Å²) >= 11 is 0. The quantitative estimate of drug-likeness (QED) is 0.541. The Balaban J connectivity index is 1.84. The third-order valence-electron chi connectivity index (χ3n) is 3.52. The Kier molecular flexibility index (Phi) is 1.65. The highest BCUT2D eigenvalue weighted by atomic mass is 16.8. The van der Waals surface area contributed by atoms with Crippen LogP contribution in [0.3, 0.4) is 0 Å². The summed E-state index contributed by atoms with van der Waals surface area (Å²) in [4.78, 5) is 2.44. The van der Waals surface area contributed by atoms with Crippen LogP contribution in [0.25, 0.3) is 0 Å². The molecule has 3 aliphatic rings. The zero-order valence-electron chi connectivity index (χ0n) is 8.82. The number of nitrogens with zero attached hydrogens (tertiary/aromatic N) is 1. The lowest BCUT2D eigenvalue weighted by Crippen LogP contribution is -2.59. The van der Waals surface area contributed by atoms with Crippen LogP contribution in [0.1, 0.15) is 20.3 Å². The van der Waals surface area contributed by atoms with Crippen molar-refractivity contribution in [2.75, 3.05) is 13.1 Å². The smallest absolute Gasteiger partial charge is 0.164 e. The molecular formula is C11H17NO2. The Morgan fingerprint density at radius 2 is 2.21 bits per heavy atom. The molecule has 0 saturated carbocycles. The molecule has 0 aromatic carbocycles. The number of ether oxygens (including phenoxy) is 2. The van der Waals surface area contributed by atoms with Gasteiger partial charge in [0.15, 0.2) is 5.79 Å². The van der Waals surface area contributed by atoms with E-state index in [0.29, 0.717) is 6.04 Å². The van der Waals surface area contributed by atoms with Crippen molar-refractivity contribution >= 4 is 0 Å². The molecule has 3 heteroatoms. The van der Waals surface area contributed by atoms with Crippen LogP contribution in [-0.4, -0.2) is 42.0 Å². The fourth-order valence-corrected chi connectivity index (χ4v) is 2.78. The van der Waals surface area contributed by atoms with Gasteiger partial charge in [-0.1, -0.05) is 6.58 Å². The maximum absolute atomic E-state index is 5.87. The molecule has 0 spiro atoms. The number of rotatable bonds is 0. The fraction of sp³-hybridized carbons (Fsp3) is 0.818. The van der Waals surface area contributed by atoms with Crippen LogP contribution in [-0.2, 0) is 9.47 Å². The van der Waals surface area contributed by atoms with Crippen molar-refractivity contribution in [1.29, 1.82) is 0 Å². The largest absolute Gasteiger partial charge is 0.343 e. The van der Waals surface area contributed by atoms with Crippen LogP contribution >= 0.6 is 0 Å². The van der Waals surface area contributed by atoms with E-state index in [4.69, 9.17) is 9.47 Å². The first kappa shape index (κ1) is 8.89. The summed E-state index contributed by atoms with van der Waals surface area (Å²) < 4.78 is 11.7. The van der Waals surface area contributed by atoms with Gasteiger partial charge in [-0.25, -0.2) is 0 Å². The predicted molar refractivity (Wildman–Crippen MR) is 52.9 cm³/mol. The zero-order chi connectivity index (χ0) is 9.92. The van der Waals surface area contributed by atoms with Crippen molar-refractivity contribution in [2.24, 2.45) is 0 Å². The molecule has 78 valence electrons. The third-order valence-corrected chi connectivity index (χ3v) is 3.52. The molecule has 0 amide bonds. The Bertz CT molecular complexity index is 287. The number of hydrogen-bond donors (Lipinski definition) is 0. The van der Waals surface area contributed by atoms with Gasteiger partial charge in [0, 0.05) is 19.1 Å². The summed E-state index contributed by atoms with van der Waals surface area (Å²) in [6.45, 7) is 10.3. The highest BCUT2D eigenvalue weighted by molar-refractivity contribution is 5.23. The summed E-state index contributed by atoms with van der Waals surface area (Å²) in [7, 11) is 0. The van der Waals surface area contributed by atoms with Crippen LogP contribution in [0.2, 0.25) is 0 Å². The molecule has 14 heavy (non-hydrogen) atoms. The van der Waals surface area contributed by atoms with Gasteiger partial charge in [-0.2, -0.15) is 0 Å². The molecule has 0 radical (unpaired) electrons. The summed E-state index contributed by atoms with van der Waals surface area (Å²) in [6, 6.07) is 0.564.